The molecule has 0 aliphatic heterocycles. The number of carbonyl (C=O) groups is 2. The zero-order chi connectivity index (χ0) is 27.0. The van der Waals surface area contributed by atoms with Crippen LogP contribution in [0.2, 0.25) is 0 Å². The summed E-state index contributed by atoms with van der Waals surface area (Å²) >= 11 is 0. The van der Waals surface area contributed by atoms with Crippen LogP contribution < -0.4 is 0 Å². The number of rotatable bonds is 15. The summed E-state index contributed by atoms with van der Waals surface area (Å²) in [4.78, 5) is 24.9. The van der Waals surface area contributed by atoms with Crippen LogP contribution in [0.15, 0.2) is 11.6 Å². The highest BCUT2D eigenvalue weighted by Gasteiger charge is 2.59. The van der Waals surface area contributed by atoms with Crippen molar-refractivity contribution in [3.63, 3.8) is 0 Å². The van der Waals surface area contributed by atoms with Crippen molar-refractivity contribution in [2.45, 2.75) is 168 Å². The lowest BCUT2D eigenvalue weighted by atomic mass is 9.47. The quantitative estimate of drug-likeness (QED) is 0.157. The number of ketones is 1. The Bertz CT molecular complexity index is 814. The van der Waals surface area contributed by atoms with E-state index < -0.39 is 0 Å². The molecule has 3 nitrogen and oxygen atoms in total. The minimum Gasteiger partial charge on any atom is -0.462 e. The minimum atomic E-state index is 0.0497. The second-order valence-electron chi connectivity index (χ2n) is 14.1. The Balaban J connectivity index is 1.12. The van der Waals surface area contributed by atoms with Crippen molar-refractivity contribution in [1.82, 2.24) is 0 Å². The van der Waals surface area contributed by atoms with E-state index in [1.54, 1.807) is 0 Å². The van der Waals surface area contributed by atoms with Gasteiger partial charge in [0, 0.05) is 18.3 Å². The third kappa shape index (κ3) is 6.95. The van der Waals surface area contributed by atoms with Crippen LogP contribution in [-0.4, -0.2) is 17.9 Å². The molecule has 3 fully saturated rings. The van der Waals surface area contributed by atoms with Gasteiger partial charge in [0.05, 0.1) is 0 Å². The third-order valence-electron chi connectivity index (χ3n) is 11.6. The molecule has 216 valence electrons. The molecule has 0 aromatic heterocycles. The summed E-state index contributed by atoms with van der Waals surface area (Å²) in [6.07, 6.45) is 28.7. The summed E-state index contributed by atoms with van der Waals surface area (Å²) in [5.41, 5.74) is 1.81. The molecule has 0 aromatic carbocycles. The average molecular weight is 527 g/mol. The number of hydrogen-bond donors (Lipinski definition) is 0. The molecule has 38 heavy (non-hydrogen) atoms. The SMILES string of the molecule is CCCCCCCCCCCCCCCC(=O)OC1CCC2C3CCC4=CC(=O)CCC4(C)C3CCC12C. The number of fused-ring (bicyclic) bond motifs is 5. The molecule has 0 radical (unpaired) electrons. The monoisotopic (exact) mass is 526 g/mol. The number of ether oxygens (including phenoxy) is 1. The van der Waals surface area contributed by atoms with Gasteiger partial charge >= 0.3 is 5.97 Å². The molecule has 0 saturated heterocycles. The highest BCUT2D eigenvalue weighted by atomic mass is 16.5. The van der Waals surface area contributed by atoms with Crippen LogP contribution in [0.5, 0.6) is 0 Å². The fourth-order valence-corrected chi connectivity index (χ4v) is 9.21. The maximum absolute atomic E-state index is 12.8. The number of hydrogen-bond acceptors (Lipinski definition) is 3. The molecule has 3 saturated carbocycles. The molecule has 0 heterocycles. The number of unbranched alkanes of at least 4 members (excludes halogenated alkanes) is 12. The van der Waals surface area contributed by atoms with Crippen molar-refractivity contribution < 1.29 is 14.3 Å². The van der Waals surface area contributed by atoms with E-state index >= 15 is 0 Å². The van der Waals surface area contributed by atoms with E-state index in [1.807, 2.05) is 6.08 Å². The molecule has 6 atom stereocenters. The normalized spacial score (nSPS) is 34.3. The Kier molecular flexibility index (Phi) is 11.0. The smallest absolute Gasteiger partial charge is 0.306 e. The lowest BCUT2D eigenvalue weighted by Gasteiger charge is -2.57. The summed E-state index contributed by atoms with van der Waals surface area (Å²) in [5.74, 6) is 2.50. The minimum absolute atomic E-state index is 0.0497. The molecular weight excluding hydrogens is 468 g/mol. The lowest BCUT2D eigenvalue weighted by molar-refractivity contribution is -0.160. The van der Waals surface area contributed by atoms with Crippen molar-refractivity contribution in [2.75, 3.05) is 0 Å². The molecule has 4 aliphatic carbocycles. The van der Waals surface area contributed by atoms with Crippen LogP contribution in [0.4, 0.5) is 0 Å². The fraction of sp³-hybridized carbons (Fsp3) is 0.886. The van der Waals surface area contributed by atoms with Gasteiger partial charge in [0.15, 0.2) is 5.78 Å². The average Bonchev–Trinajstić information content (AvgIpc) is 3.23. The van der Waals surface area contributed by atoms with Gasteiger partial charge < -0.3 is 4.74 Å². The Morgan fingerprint density at radius 3 is 2.08 bits per heavy atom. The van der Waals surface area contributed by atoms with Gasteiger partial charge in [-0.15, -0.1) is 0 Å². The predicted octanol–water partition coefficient (Wildman–Crippen LogP) is 9.91. The van der Waals surface area contributed by atoms with Crippen LogP contribution in [0, 0.1) is 28.6 Å². The van der Waals surface area contributed by atoms with E-state index in [1.165, 1.54) is 102 Å². The van der Waals surface area contributed by atoms with Crippen molar-refractivity contribution in [3.8, 4) is 0 Å². The first-order chi connectivity index (χ1) is 18.4. The van der Waals surface area contributed by atoms with Crippen LogP contribution >= 0.6 is 0 Å². The first-order valence-corrected chi connectivity index (χ1v) is 16.8. The summed E-state index contributed by atoms with van der Waals surface area (Å²) in [6.45, 7) is 7.17. The second kappa shape index (κ2) is 14.0. The van der Waals surface area contributed by atoms with Gasteiger partial charge in [-0.3, -0.25) is 9.59 Å². The first-order valence-electron chi connectivity index (χ1n) is 16.8. The van der Waals surface area contributed by atoms with Crippen molar-refractivity contribution in [1.29, 1.82) is 0 Å². The molecule has 3 heteroatoms. The first kappa shape index (κ1) is 29.9. The summed E-state index contributed by atoms with van der Waals surface area (Å²) in [7, 11) is 0. The van der Waals surface area contributed by atoms with Gasteiger partial charge in [-0.25, -0.2) is 0 Å². The maximum atomic E-state index is 12.8. The third-order valence-corrected chi connectivity index (χ3v) is 11.6. The Morgan fingerprint density at radius 1 is 0.789 bits per heavy atom. The zero-order valence-electron chi connectivity index (χ0n) is 25.2. The molecule has 0 amide bonds. The standard InChI is InChI=1S/C35H58O3/c1-4-5-6-7-8-9-10-11-12-13-14-15-16-17-33(37)38-32-21-20-30-29-19-18-27-26-28(36)22-24-34(27,2)31(29)23-25-35(30,32)3/h26,29-32H,4-25H2,1-3H3. The van der Waals surface area contributed by atoms with E-state index in [2.05, 4.69) is 20.8 Å². The predicted molar refractivity (Wildman–Crippen MR) is 157 cm³/mol. The lowest BCUT2D eigenvalue weighted by Crippen LogP contribution is -2.51. The van der Waals surface area contributed by atoms with Crippen LogP contribution in [0.25, 0.3) is 0 Å². The molecule has 0 bridgehead atoms. The number of allylic oxidation sites excluding steroid dienone is 1. The highest BCUT2D eigenvalue weighted by Crippen LogP contribution is 2.65. The molecular formula is C35H58O3. The highest BCUT2D eigenvalue weighted by molar-refractivity contribution is 5.91. The van der Waals surface area contributed by atoms with Gasteiger partial charge in [-0.2, -0.15) is 0 Å². The summed E-state index contributed by atoms with van der Waals surface area (Å²) in [5, 5.41) is 0. The van der Waals surface area contributed by atoms with Crippen molar-refractivity contribution in [2.24, 2.45) is 28.6 Å². The Hall–Kier alpha value is -1.12. The van der Waals surface area contributed by atoms with Gasteiger partial charge in [0.2, 0.25) is 0 Å². The van der Waals surface area contributed by atoms with Gasteiger partial charge in [-0.1, -0.05) is 103 Å². The number of carbonyl (C=O) groups excluding carboxylic acids is 2. The van der Waals surface area contributed by atoms with Crippen molar-refractivity contribution >= 4 is 11.8 Å². The zero-order valence-corrected chi connectivity index (χ0v) is 25.2. The molecule has 0 spiro atoms. The number of esters is 1. The van der Waals surface area contributed by atoms with Crippen LogP contribution in [0.1, 0.15) is 162 Å². The van der Waals surface area contributed by atoms with E-state index in [9.17, 15) is 9.59 Å². The van der Waals surface area contributed by atoms with Crippen LogP contribution in [-0.2, 0) is 14.3 Å². The molecule has 4 aliphatic rings. The van der Waals surface area contributed by atoms with Crippen LogP contribution in [0.3, 0.4) is 0 Å². The van der Waals surface area contributed by atoms with Crippen molar-refractivity contribution in [3.05, 3.63) is 11.6 Å². The fourth-order valence-electron chi connectivity index (χ4n) is 9.21. The topological polar surface area (TPSA) is 43.4 Å². The van der Waals surface area contributed by atoms with E-state index in [-0.39, 0.29) is 22.9 Å². The summed E-state index contributed by atoms with van der Waals surface area (Å²) in [6, 6.07) is 0. The molecule has 0 aromatic rings. The Morgan fingerprint density at radius 2 is 1.42 bits per heavy atom. The van der Waals surface area contributed by atoms with Gasteiger partial charge in [0.25, 0.3) is 0 Å². The van der Waals surface area contributed by atoms with E-state index in [0.717, 1.165) is 44.4 Å². The van der Waals surface area contributed by atoms with E-state index in [4.69, 9.17) is 4.74 Å². The molecule has 4 rings (SSSR count). The van der Waals surface area contributed by atoms with Gasteiger partial charge in [-0.05, 0) is 80.6 Å². The van der Waals surface area contributed by atoms with Gasteiger partial charge in [0.1, 0.15) is 6.10 Å². The summed E-state index contributed by atoms with van der Waals surface area (Å²) < 4.78 is 6.22. The van der Waals surface area contributed by atoms with E-state index in [0.29, 0.717) is 24.0 Å². The molecule has 0 N–H and O–H groups in total. The largest absolute Gasteiger partial charge is 0.462 e. The Labute approximate surface area is 234 Å². The second-order valence-corrected chi connectivity index (χ2v) is 14.1. The molecule has 6 unspecified atom stereocenters. The maximum Gasteiger partial charge on any atom is 0.306 e.